The number of nitrogens with one attached hydrogen (secondary N) is 1. The summed E-state index contributed by atoms with van der Waals surface area (Å²) in [5, 5.41) is 2.58. The molecule has 0 heterocycles. The molecule has 1 atom stereocenters. The molecule has 1 aromatic rings. The average Bonchev–Trinajstić information content (AvgIpc) is 2.44. The second-order valence-corrected chi connectivity index (χ2v) is 4.27. The van der Waals surface area contributed by atoms with E-state index >= 15 is 0 Å². The van der Waals surface area contributed by atoms with Crippen LogP contribution in [-0.4, -0.2) is 31.6 Å². The molecule has 5 nitrogen and oxygen atoms in total. The first kappa shape index (κ1) is 15.7. The molecule has 106 valence electrons. The molecule has 5 heteroatoms. The summed E-state index contributed by atoms with van der Waals surface area (Å²) in [6, 6.07) is 4.62. The molecule has 1 rings (SSSR count). The lowest BCUT2D eigenvalue weighted by atomic mass is 10.0. The van der Waals surface area contributed by atoms with Crippen molar-refractivity contribution >= 4 is 11.9 Å². The Morgan fingerprint density at radius 2 is 2.15 bits per heavy atom. The zero-order valence-electron chi connectivity index (χ0n) is 11.8. The van der Waals surface area contributed by atoms with Crippen LogP contribution in [0, 0.1) is 18.8 Å². The predicted octanol–water partition coefficient (Wildman–Crippen LogP) is 0.597. The van der Waals surface area contributed by atoms with Gasteiger partial charge in [0, 0.05) is 5.56 Å². The lowest BCUT2D eigenvalue weighted by Gasteiger charge is -2.12. The number of aryl methyl sites for hydroxylation is 1. The number of nitrogens with two attached hydrogens (primary N) is 1. The lowest BCUT2D eigenvalue weighted by molar-refractivity contribution is -0.142. The number of benzene rings is 1. The van der Waals surface area contributed by atoms with Crippen molar-refractivity contribution in [2.24, 2.45) is 5.73 Å². The van der Waals surface area contributed by atoms with Gasteiger partial charge >= 0.3 is 5.97 Å². The maximum Gasteiger partial charge on any atom is 0.328 e. The van der Waals surface area contributed by atoms with Crippen molar-refractivity contribution < 1.29 is 14.3 Å². The fraction of sp³-hybridized carbons (Fsp3) is 0.333. The van der Waals surface area contributed by atoms with Gasteiger partial charge in [0.05, 0.1) is 19.2 Å². The van der Waals surface area contributed by atoms with Crippen LogP contribution < -0.4 is 11.1 Å². The highest BCUT2D eigenvalue weighted by Crippen LogP contribution is 2.11. The number of carbonyl (C=O) groups is 2. The summed E-state index contributed by atoms with van der Waals surface area (Å²) in [5.41, 5.74) is 7.26. The molecular formula is C15H18N2O3. The Labute approximate surface area is 118 Å². The highest BCUT2D eigenvalue weighted by molar-refractivity contribution is 5.99. The molecule has 0 spiro atoms. The largest absolute Gasteiger partial charge is 0.467 e. The molecule has 0 aliphatic heterocycles. The minimum absolute atomic E-state index is 0.216. The van der Waals surface area contributed by atoms with Gasteiger partial charge in [-0.2, -0.15) is 0 Å². The van der Waals surface area contributed by atoms with E-state index in [1.807, 2.05) is 13.0 Å². The number of ether oxygens (including phenoxy) is 1. The topological polar surface area (TPSA) is 81.4 Å². The van der Waals surface area contributed by atoms with E-state index in [4.69, 9.17) is 5.73 Å². The molecule has 0 aliphatic carbocycles. The molecule has 1 aromatic carbocycles. The molecule has 1 amide bonds. The normalized spacial score (nSPS) is 11.0. The van der Waals surface area contributed by atoms with Crippen molar-refractivity contribution in [2.45, 2.75) is 19.9 Å². The quantitative estimate of drug-likeness (QED) is 0.624. The number of rotatable bonds is 3. The van der Waals surface area contributed by atoms with Crippen molar-refractivity contribution in [3.8, 4) is 11.8 Å². The number of hydrogen-bond donors (Lipinski definition) is 2. The van der Waals surface area contributed by atoms with E-state index in [1.54, 1.807) is 19.1 Å². The number of amides is 1. The monoisotopic (exact) mass is 274 g/mol. The van der Waals surface area contributed by atoms with Gasteiger partial charge in [-0.1, -0.05) is 23.5 Å². The second-order valence-electron chi connectivity index (χ2n) is 4.27. The van der Waals surface area contributed by atoms with Crippen molar-refractivity contribution in [3.63, 3.8) is 0 Å². The molecule has 1 unspecified atom stereocenters. The Morgan fingerprint density at radius 1 is 1.45 bits per heavy atom. The molecule has 0 saturated carbocycles. The Bertz CT molecular complexity index is 570. The van der Waals surface area contributed by atoms with Crippen LogP contribution in [0.1, 0.15) is 28.4 Å². The smallest absolute Gasteiger partial charge is 0.328 e. The van der Waals surface area contributed by atoms with Crippen LogP contribution >= 0.6 is 0 Å². The van der Waals surface area contributed by atoms with Gasteiger partial charge in [-0.25, -0.2) is 4.79 Å². The highest BCUT2D eigenvalue weighted by Gasteiger charge is 2.18. The van der Waals surface area contributed by atoms with E-state index in [2.05, 4.69) is 21.9 Å². The standard InChI is InChI=1S/C15H18N2O3/c1-10-6-7-12(5-4-8-16)13(9-10)14(18)17-11(2)15(19)20-3/h6-7,9,11H,8,16H2,1-3H3,(H,17,18). The van der Waals surface area contributed by atoms with Gasteiger partial charge in [-0.15, -0.1) is 0 Å². The third-order valence-electron chi connectivity index (χ3n) is 2.65. The maximum absolute atomic E-state index is 12.2. The number of hydrogen-bond acceptors (Lipinski definition) is 4. The molecular weight excluding hydrogens is 256 g/mol. The van der Waals surface area contributed by atoms with Gasteiger partial charge < -0.3 is 15.8 Å². The van der Waals surface area contributed by atoms with Crippen molar-refractivity contribution in [2.75, 3.05) is 13.7 Å². The van der Waals surface area contributed by atoms with Crippen molar-refractivity contribution in [3.05, 3.63) is 34.9 Å². The number of esters is 1. The van der Waals surface area contributed by atoms with Crippen molar-refractivity contribution in [1.29, 1.82) is 0 Å². The highest BCUT2D eigenvalue weighted by atomic mass is 16.5. The number of methoxy groups -OCH3 is 1. The summed E-state index contributed by atoms with van der Waals surface area (Å²) >= 11 is 0. The minimum atomic E-state index is -0.719. The fourth-order valence-electron chi connectivity index (χ4n) is 1.61. The fourth-order valence-corrected chi connectivity index (χ4v) is 1.61. The summed E-state index contributed by atoms with van der Waals surface area (Å²) in [4.78, 5) is 23.5. The molecule has 0 radical (unpaired) electrons. The molecule has 3 N–H and O–H groups in total. The molecule has 0 aliphatic rings. The van der Waals surface area contributed by atoms with Crippen LogP contribution in [0.3, 0.4) is 0 Å². The van der Waals surface area contributed by atoms with E-state index in [0.29, 0.717) is 11.1 Å². The van der Waals surface area contributed by atoms with Gasteiger partial charge in [0.1, 0.15) is 6.04 Å². The Morgan fingerprint density at radius 3 is 2.75 bits per heavy atom. The van der Waals surface area contributed by atoms with Gasteiger partial charge in [0.25, 0.3) is 5.91 Å². The Kier molecular flexibility index (Phi) is 5.75. The summed E-state index contributed by atoms with van der Waals surface area (Å²) in [5.74, 6) is 4.69. The van der Waals surface area contributed by atoms with Crippen LogP contribution in [0.25, 0.3) is 0 Å². The second kappa shape index (κ2) is 7.31. The molecule has 0 saturated heterocycles. The summed E-state index contributed by atoms with van der Waals surface area (Å²) in [6.07, 6.45) is 0. The average molecular weight is 274 g/mol. The van der Waals surface area contributed by atoms with Gasteiger partial charge in [0.2, 0.25) is 0 Å². The molecule has 0 aromatic heterocycles. The zero-order chi connectivity index (χ0) is 15.1. The molecule has 20 heavy (non-hydrogen) atoms. The summed E-state index contributed by atoms with van der Waals surface area (Å²) < 4.78 is 4.57. The lowest BCUT2D eigenvalue weighted by Crippen LogP contribution is -2.39. The minimum Gasteiger partial charge on any atom is -0.467 e. The third kappa shape index (κ3) is 4.11. The van der Waals surface area contributed by atoms with Crippen LogP contribution in [0.5, 0.6) is 0 Å². The number of carbonyl (C=O) groups excluding carboxylic acids is 2. The third-order valence-corrected chi connectivity index (χ3v) is 2.65. The summed E-state index contributed by atoms with van der Waals surface area (Å²) in [6.45, 7) is 3.65. The summed E-state index contributed by atoms with van der Waals surface area (Å²) in [7, 11) is 1.27. The van der Waals surface area contributed by atoms with Gasteiger partial charge in [-0.05, 0) is 26.0 Å². The first-order chi connectivity index (χ1) is 9.49. The van der Waals surface area contributed by atoms with E-state index in [-0.39, 0.29) is 12.5 Å². The van der Waals surface area contributed by atoms with Crippen molar-refractivity contribution in [1.82, 2.24) is 5.32 Å². The van der Waals surface area contributed by atoms with E-state index < -0.39 is 12.0 Å². The zero-order valence-corrected chi connectivity index (χ0v) is 11.8. The Balaban J connectivity index is 3.02. The van der Waals surface area contributed by atoms with Crippen LogP contribution in [-0.2, 0) is 9.53 Å². The molecule has 0 fully saturated rings. The van der Waals surface area contributed by atoms with E-state index in [9.17, 15) is 9.59 Å². The first-order valence-electron chi connectivity index (χ1n) is 6.18. The SMILES string of the molecule is COC(=O)C(C)NC(=O)c1cc(C)ccc1C#CCN. The van der Waals surface area contributed by atoms with Gasteiger partial charge in [0.15, 0.2) is 0 Å². The Hall–Kier alpha value is -2.32. The van der Waals surface area contributed by atoms with Crippen LogP contribution in [0.4, 0.5) is 0 Å². The van der Waals surface area contributed by atoms with E-state index in [0.717, 1.165) is 5.56 Å². The van der Waals surface area contributed by atoms with Crippen LogP contribution in [0.15, 0.2) is 18.2 Å². The van der Waals surface area contributed by atoms with E-state index in [1.165, 1.54) is 7.11 Å². The maximum atomic E-state index is 12.2. The van der Waals surface area contributed by atoms with Gasteiger partial charge in [-0.3, -0.25) is 4.79 Å². The predicted molar refractivity (Wildman–Crippen MR) is 76.1 cm³/mol. The molecule has 0 bridgehead atoms. The first-order valence-corrected chi connectivity index (χ1v) is 6.18. The van der Waals surface area contributed by atoms with Crippen LogP contribution in [0.2, 0.25) is 0 Å².